The Labute approximate surface area is 168 Å². The Morgan fingerprint density at radius 1 is 1.03 bits per heavy atom. The molecule has 2 amide bonds. The van der Waals surface area contributed by atoms with Gasteiger partial charge in [0.15, 0.2) is 0 Å². The zero-order chi connectivity index (χ0) is 20.1. The van der Waals surface area contributed by atoms with Gasteiger partial charge in [-0.1, -0.05) is 24.3 Å². The molecule has 1 aliphatic rings. The van der Waals surface area contributed by atoms with Crippen LogP contribution >= 0.6 is 0 Å². The van der Waals surface area contributed by atoms with Gasteiger partial charge < -0.3 is 19.5 Å². The second-order valence-electron chi connectivity index (χ2n) is 6.84. The van der Waals surface area contributed by atoms with Crippen LogP contribution in [0.1, 0.15) is 26.3 Å². The lowest BCUT2D eigenvalue weighted by Crippen LogP contribution is -2.41. The van der Waals surface area contributed by atoms with Crippen LogP contribution in [0.15, 0.2) is 67.3 Å². The molecule has 0 spiro atoms. The first-order chi connectivity index (χ1) is 14.2. The summed E-state index contributed by atoms with van der Waals surface area (Å²) in [7, 11) is 0. The van der Waals surface area contributed by atoms with Crippen molar-refractivity contribution < 1.29 is 14.3 Å². The molecule has 0 bridgehead atoms. The molecule has 4 rings (SSSR count). The number of nitrogens with zero attached hydrogens (tertiary/aromatic N) is 3. The number of rotatable bonds is 5. The highest BCUT2D eigenvalue weighted by atomic mass is 16.5. The third-order valence-corrected chi connectivity index (χ3v) is 4.84. The summed E-state index contributed by atoms with van der Waals surface area (Å²) in [6.45, 7) is 2.87. The molecule has 1 aliphatic heterocycles. The molecule has 1 aromatic heterocycles. The van der Waals surface area contributed by atoms with Gasteiger partial charge in [-0.25, -0.2) is 4.98 Å². The van der Waals surface area contributed by atoms with E-state index in [4.69, 9.17) is 4.74 Å². The first-order valence-corrected chi connectivity index (χ1v) is 9.53. The zero-order valence-electron chi connectivity index (χ0n) is 16.0. The van der Waals surface area contributed by atoms with E-state index in [1.807, 2.05) is 22.9 Å². The van der Waals surface area contributed by atoms with Crippen LogP contribution in [-0.2, 0) is 11.3 Å². The molecular weight excluding hydrogens is 368 g/mol. The third kappa shape index (κ3) is 4.52. The Hall–Kier alpha value is -3.45. The van der Waals surface area contributed by atoms with Crippen LogP contribution < -0.4 is 5.32 Å². The standard InChI is InChI=1S/C22H22N4O3/c27-21(18-7-5-17(6-8-18)15-25-10-9-23-16-25)24-20-4-2-1-3-19(20)22(28)26-11-13-29-14-12-26/h1-10,16H,11-15H2,(H,24,27). The molecule has 0 atom stereocenters. The van der Waals surface area contributed by atoms with Crippen LogP contribution in [0.4, 0.5) is 5.69 Å². The fourth-order valence-electron chi connectivity index (χ4n) is 3.26. The smallest absolute Gasteiger partial charge is 0.256 e. The van der Waals surface area contributed by atoms with Gasteiger partial charge in [-0.3, -0.25) is 9.59 Å². The Kier molecular flexibility index (Phi) is 5.67. The molecule has 148 valence electrons. The number of para-hydroxylation sites is 1. The largest absolute Gasteiger partial charge is 0.378 e. The van der Waals surface area contributed by atoms with Gasteiger partial charge in [0, 0.05) is 37.6 Å². The first-order valence-electron chi connectivity index (χ1n) is 9.53. The number of aromatic nitrogens is 2. The fourth-order valence-corrected chi connectivity index (χ4v) is 3.26. The second-order valence-corrected chi connectivity index (χ2v) is 6.84. The Bertz CT molecular complexity index is 978. The minimum Gasteiger partial charge on any atom is -0.378 e. The molecule has 2 aromatic carbocycles. The van der Waals surface area contributed by atoms with E-state index in [0.29, 0.717) is 49.7 Å². The number of amides is 2. The van der Waals surface area contributed by atoms with Gasteiger partial charge in [0.2, 0.25) is 0 Å². The molecule has 1 saturated heterocycles. The number of morpholine rings is 1. The predicted octanol–water partition coefficient (Wildman–Crippen LogP) is 2.66. The Balaban J connectivity index is 1.46. The van der Waals surface area contributed by atoms with E-state index in [1.54, 1.807) is 53.8 Å². The number of hydrogen-bond donors (Lipinski definition) is 1. The molecule has 7 heteroatoms. The van der Waals surface area contributed by atoms with Crippen molar-refractivity contribution in [2.75, 3.05) is 31.6 Å². The van der Waals surface area contributed by atoms with Gasteiger partial charge in [0.1, 0.15) is 0 Å². The van der Waals surface area contributed by atoms with Gasteiger partial charge in [0.25, 0.3) is 11.8 Å². The molecule has 2 heterocycles. The molecular formula is C22H22N4O3. The van der Waals surface area contributed by atoms with Gasteiger partial charge in [-0.2, -0.15) is 0 Å². The van der Waals surface area contributed by atoms with Gasteiger partial charge in [0.05, 0.1) is 30.8 Å². The van der Waals surface area contributed by atoms with E-state index in [2.05, 4.69) is 10.3 Å². The van der Waals surface area contributed by atoms with E-state index in [0.717, 1.165) is 5.56 Å². The number of ether oxygens (including phenoxy) is 1. The van der Waals surface area contributed by atoms with Crippen molar-refractivity contribution in [2.45, 2.75) is 6.54 Å². The van der Waals surface area contributed by atoms with Crippen LogP contribution in [0.5, 0.6) is 0 Å². The number of nitrogens with one attached hydrogen (secondary N) is 1. The summed E-state index contributed by atoms with van der Waals surface area (Å²) < 4.78 is 7.27. The van der Waals surface area contributed by atoms with Crippen molar-refractivity contribution in [2.24, 2.45) is 0 Å². The van der Waals surface area contributed by atoms with Crippen LogP contribution in [0.2, 0.25) is 0 Å². The molecule has 1 fully saturated rings. The van der Waals surface area contributed by atoms with Crippen molar-refractivity contribution in [3.05, 3.63) is 83.9 Å². The average Bonchev–Trinajstić information content (AvgIpc) is 3.28. The zero-order valence-corrected chi connectivity index (χ0v) is 16.0. The molecule has 0 unspecified atom stereocenters. The van der Waals surface area contributed by atoms with Crippen molar-refractivity contribution in [3.8, 4) is 0 Å². The summed E-state index contributed by atoms with van der Waals surface area (Å²) in [6.07, 6.45) is 5.38. The highest BCUT2D eigenvalue weighted by Crippen LogP contribution is 2.19. The molecule has 0 aliphatic carbocycles. The minimum absolute atomic E-state index is 0.0973. The van der Waals surface area contributed by atoms with Crippen molar-refractivity contribution in [1.29, 1.82) is 0 Å². The van der Waals surface area contributed by atoms with Gasteiger partial charge >= 0.3 is 0 Å². The van der Waals surface area contributed by atoms with Crippen molar-refractivity contribution in [3.63, 3.8) is 0 Å². The second kappa shape index (κ2) is 8.70. The van der Waals surface area contributed by atoms with Gasteiger partial charge in [-0.05, 0) is 29.8 Å². The number of hydrogen-bond acceptors (Lipinski definition) is 4. The summed E-state index contributed by atoms with van der Waals surface area (Å²) in [5, 5.41) is 2.88. The Morgan fingerprint density at radius 3 is 2.52 bits per heavy atom. The first kappa shape index (κ1) is 18.9. The third-order valence-electron chi connectivity index (χ3n) is 4.84. The number of imidazole rings is 1. The summed E-state index contributed by atoms with van der Waals surface area (Å²) >= 11 is 0. The summed E-state index contributed by atoms with van der Waals surface area (Å²) in [4.78, 5) is 31.3. The lowest BCUT2D eigenvalue weighted by Gasteiger charge is -2.27. The quantitative estimate of drug-likeness (QED) is 0.727. The summed E-state index contributed by atoms with van der Waals surface area (Å²) in [5.74, 6) is -0.346. The maximum absolute atomic E-state index is 12.8. The normalized spacial score (nSPS) is 13.9. The number of benzene rings is 2. The van der Waals surface area contributed by atoms with E-state index >= 15 is 0 Å². The molecule has 0 radical (unpaired) electrons. The van der Waals surface area contributed by atoms with Crippen LogP contribution in [-0.4, -0.2) is 52.6 Å². The maximum Gasteiger partial charge on any atom is 0.256 e. The summed E-state index contributed by atoms with van der Waals surface area (Å²) in [6, 6.07) is 14.5. The minimum atomic E-state index is -0.249. The van der Waals surface area contributed by atoms with E-state index in [9.17, 15) is 9.59 Å². The van der Waals surface area contributed by atoms with E-state index < -0.39 is 0 Å². The lowest BCUT2D eigenvalue weighted by atomic mass is 10.1. The molecule has 1 N–H and O–H groups in total. The molecule has 0 saturated carbocycles. The Morgan fingerprint density at radius 2 is 1.79 bits per heavy atom. The van der Waals surface area contributed by atoms with E-state index in [1.165, 1.54) is 0 Å². The highest BCUT2D eigenvalue weighted by molar-refractivity contribution is 6.09. The SMILES string of the molecule is O=C(Nc1ccccc1C(=O)N1CCOCC1)c1ccc(Cn2ccnc2)cc1. The fraction of sp³-hybridized carbons (Fsp3) is 0.227. The number of carbonyl (C=O) groups excluding carboxylic acids is 2. The average molecular weight is 390 g/mol. The van der Waals surface area contributed by atoms with E-state index in [-0.39, 0.29) is 11.8 Å². The topological polar surface area (TPSA) is 76.5 Å². The predicted molar refractivity (Wildman–Crippen MR) is 109 cm³/mol. The molecule has 29 heavy (non-hydrogen) atoms. The molecule has 7 nitrogen and oxygen atoms in total. The summed E-state index contributed by atoms with van der Waals surface area (Å²) in [5.41, 5.74) is 2.60. The molecule has 3 aromatic rings. The van der Waals surface area contributed by atoms with Crippen LogP contribution in [0, 0.1) is 0 Å². The monoisotopic (exact) mass is 390 g/mol. The highest BCUT2D eigenvalue weighted by Gasteiger charge is 2.21. The van der Waals surface area contributed by atoms with Crippen LogP contribution in [0.3, 0.4) is 0 Å². The van der Waals surface area contributed by atoms with Crippen LogP contribution in [0.25, 0.3) is 0 Å². The maximum atomic E-state index is 12.8. The van der Waals surface area contributed by atoms with Gasteiger partial charge in [-0.15, -0.1) is 0 Å². The number of anilines is 1. The number of carbonyl (C=O) groups is 2. The van der Waals surface area contributed by atoms with Crippen molar-refractivity contribution in [1.82, 2.24) is 14.5 Å². The lowest BCUT2D eigenvalue weighted by molar-refractivity contribution is 0.0303. The van der Waals surface area contributed by atoms with Crippen molar-refractivity contribution >= 4 is 17.5 Å².